The summed E-state index contributed by atoms with van der Waals surface area (Å²) in [5, 5.41) is 2.32. The number of piperidine rings is 1. The molecule has 1 aromatic carbocycles. The van der Waals surface area contributed by atoms with Crippen LogP contribution in [-0.2, 0) is 0 Å². The Morgan fingerprint density at radius 1 is 0.952 bits per heavy atom. The van der Waals surface area contributed by atoms with Gasteiger partial charge < -0.3 is 10.6 Å². The second kappa shape index (κ2) is 4.90. The van der Waals surface area contributed by atoms with Crippen molar-refractivity contribution in [1.82, 2.24) is 4.98 Å². The first kappa shape index (κ1) is 12.9. The number of hydrogen-bond donors (Lipinski definition) is 1. The van der Waals surface area contributed by atoms with Crippen molar-refractivity contribution in [3.8, 4) is 0 Å². The Balaban J connectivity index is 1.64. The van der Waals surface area contributed by atoms with Crippen LogP contribution in [-0.4, -0.2) is 18.1 Å². The first-order valence-corrected chi connectivity index (χ1v) is 8.15. The van der Waals surface area contributed by atoms with Crippen molar-refractivity contribution < 1.29 is 0 Å². The molecule has 2 fully saturated rings. The van der Waals surface area contributed by atoms with E-state index in [1.165, 1.54) is 62.7 Å². The summed E-state index contributed by atoms with van der Waals surface area (Å²) in [6.07, 6.45) is 12.2. The third-order valence-corrected chi connectivity index (χ3v) is 5.66. The molecule has 1 spiro atoms. The fourth-order valence-electron chi connectivity index (χ4n) is 4.32. The number of nitrogens with zero attached hydrogens (tertiary/aromatic N) is 2. The number of benzene rings is 1. The Labute approximate surface area is 126 Å². The molecule has 2 aromatic rings. The van der Waals surface area contributed by atoms with Gasteiger partial charge in [-0.1, -0.05) is 12.8 Å². The van der Waals surface area contributed by atoms with Crippen LogP contribution >= 0.6 is 0 Å². The number of pyridine rings is 1. The molecule has 1 aliphatic carbocycles. The normalized spacial score (nSPS) is 21.2. The zero-order valence-corrected chi connectivity index (χ0v) is 12.5. The molecular weight excluding hydrogens is 258 g/mol. The molecule has 110 valence electrons. The van der Waals surface area contributed by atoms with Crippen molar-refractivity contribution in [2.24, 2.45) is 5.41 Å². The van der Waals surface area contributed by atoms with Gasteiger partial charge >= 0.3 is 0 Å². The van der Waals surface area contributed by atoms with Crippen LogP contribution in [0.3, 0.4) is 0 Å². The number of anilines is 2. The number of nitrogen functional groups attached to an aromatic ring is 1. The number of aromatic nitrogens is 1. The molecule has 2 heterocycles. The lowest BCUT2D eigenvalue weighted by molar-refractivity contribution is 0.227. The van der Waals surface area contributed by atoms with E-state index in [-0.39, 0.29) is 0 Å². The summed E-state index contributed by atoms with van der Waals surface area (Å²) in [4.78, 5) is 6.77. The van der Waals surface area contributed by atoms with E-state index in [1.54, 1.807) is 0 Å². The highest BCUT2D eigenvalue weighted by Crippen LogP contribution is 2.47. The lowest BCUT2D eigenvalue weighted by atomic mass is 9.77. The largest absolute Gasteiger partial charge is 0.398 e. The van der Waals surface area contributed by atoms with Crippen molar-refractivity contribution in [1.29, 1.82) is 0 Å². The molecule has 1 aromatic heterocycles. The van der Waals surface area contributed by atoms with Crippen molar-refractivity contribution in [3.05, 3.63) is 30.6 Å². The third-order valence-electron chi connectivity index (χ3n) is 5.66. The lowest BCUT2D eigenvalue weighted by Crippen LogP contribution is -2.38. The summed E-state index contributed by atoms with van der Waals surface area (Å²) in [6.45, 7) is 2.36. The number of fused-ring (bicyclic) bond motifs is 1. The lowest BCUT2D eigenvalue weighted by Gasteiger charge is -2.41. The molecule has 0 unspecified atom stereocenters. The zero-order chi connectivity index (χ0) is 14.3. The van der Waals surface area contributed by atoms with E-state index < -0.39 is 0 Å². The summed E-state index contributed by atoms with van der Waals surface area (Å²) in [5.74, 6) is 0. The van der Waals surface area contributed by atoms with Gasteiger partial charge in [-0.25, -0.2) is 0 Å². The van der Waals surface area contributed by atoms with Crippen molar-refractivity contribution in [2.75, 3.05) is 23.7 Å². The number of nitrogens with two attached hydrogens (primary N) is 1. The second-order valence-corrected chi connectivity index (χ2v) is 6.79. The van der Waals surface area contributed by atoms with Gasteiger partial charge in [-0.3, -0.25) is 4.98 Å². The Morgan fingerprint density at radius 2 is 1.71 bits per heavy atom. The van der Waals surface area contributed by atoms with E-state index in [2.05, 4.69) is 22.0 Å². The second-order valence-electron chi connectivity index (χ2n) is 6.79. The molecule has 0 bridgehead atoms. The Bertz CT molecular complexity index is 649. The van der Waals surface area contributed by atoms with Crippen LogP contribution in [0.5, 0.6) is 0 Å². The quantitative estimate of drug-likeness (QED) is 0.804. The smallest absolute Gasteiger partial charge is 0.0448 e. The van der Waals surface area contributed by atoms with Gasteiger partial charge in [0.2, 0.25) is 0 Å². The van der Waals surface area contributed by atoms with E-state index in [1.807, 2.05) is 18.5 Å². The summed E-state index contributed by atoms with van der Waals surface area (Å²) in [6, 6.07) is 6.31. The average molecular weight is 281 g/mol. The van der Waals surface area contributed by atoms with Crippen LogP contribution in [0.15, 0.2) is 30.6 Å². The predicted molar refractivity (Wildman–Crippen MR) is 88.5 cm³/mol. The number of rotatable bonds is 1. The molecule has 2 N–H and O–H groups in total. The van der Waals surface area contributed by atoms with Gasteiger partial charge in [0.25, 0.3) is 0 Å². The van der Waals surface area contributed by atoms with Gasteiger partial charge in [-0.15, -0.1) is 0 Å². The minimum Gasteiger partial charge on any atom is -0.398 e. The maximum Gasteiger partial charge on any atom is 0.0448 e. The van der Waals surface area contributed by atoms with E-state index in [9.17, 15) is 0 Å². The van der Waals surface area contributed by atoms with E-state index in [0.717, 1.165) is 11.1 Å². The van der Waals surface area contributed by atoms with Gasteiger partial charge in [0.15, 0.2) is 0 Å². The highest BCUT2D eigenvalue weighted by atomic mass is 15.1. The van der Waals surface area contributed by atoms with Crippen LogP contribution in [0, 0.1) is 5.41 Å². The summed E-state index contributed by atoms with van der Waals surface area (Å²) >= 11 is 0. The van der Waals surface area contributed by atoms with Crippen LogP contribution in [0.4, 0.5) is 11.4 Å². The Morgan fingerprint density at radius 3 is 2.48 bits per heavy atom. The minimum absolute atomic E-state index is 0.668. The molecule has 3 nitrogen and oxygen atoms in total. The fraction of sp³-hybridized carbons (Fsp3) is 0.500. The molecule has 2 aliphatic rings. The van der Waals surface area contributed by atoms with Crippen LogP contribution in [0.25, 0.3) is 10.8 Å². The molecule has 0 radical (unpaired) electrons. The maximum absolute atomic E-state index is 6.09. The highest BCUT2D eigenvalue weighted by Gasteiger charge is 2.37. The molecule has 0 amide bonds. The third kappa shape index (κ3) is 2.15. The summed E-state index contributed by atoms with van der Waals surface area (Å²) < 4.78 is 0. The molecule has 21 heavy (non-hydrogen) atoms. The molecule has 4 rings (SSSR count). The van der Waals surface area contributed by atoms with Crippen molar-refractivity contribution in [3.63, 3.8) is 0 Å². The molecule has 1 saturated carbocycles. The standard InChI is InChI=1S/C18H23N3/c19-16-3-4-17(14-5-10-20-13-15(14)16)21-11-8-18(9-12-21)6-1-2-7-18/h3-5,10,13H,1-2,6-9,11-12,19H2. The average Bonchev–Trinajstić information content (AvgIpc) is 2.98. The topological polar surface area (TPSA) is 42.1 Å². The van der Waals surface area contributed by atoms with Gasteiger partial charge in [0, 0.05) is 47.6 Å². The van der Waals surface area contributed by atoms with Gasteiger partial charge in [0.05, 0.1) is 0 Å². The van der Waals surface area contributed by atoms with Crippen molar-refractivity contribution >= 4 is 22.1 Å². The van der Waals surface area contributed by atoms with Crippen molar-refractivity contribution in [2.45, 2.75) is 38.5 Å². The summed E-state index contributed by atoms with van der Waals surface area (Å²) in [5.41, 5.74) is 8.91. The van der Waals surface area contributed by atoms with Gasteiger partial charge in [0.1, 0.15) is 0 Å². The van der Waals surface area contributed by atoms with Crippen LogP contribution in [0.1, 0.15) is 38.5 Å². The Kier molecular flexibility index (Phi) is 3.02. The Hall–Kier alpha value is -1.77. The maximum atomic E-state index is 6.09. The number of hydrogen-bond acceptors (Lipinski definition) is 3. The molecule has 3 heteroatoms. The van der Waals surface area contributed by atoms with Crippen LogP contribution in [0.2, 0.25) is 0 Å². The molecule has 1 aliphatic heterocycles. The van der Waals surface area contributed by atoms with Crippen LogP contribution < -0.4 is 10.6 Å². The summed E-state index contributed by atoms with van der Waals surface area (Å²) in [7, 11) is 0. The first-order valence-electron chi connectivity index (χ1n) is 8.15. The van der Waals surface area contributed by atoms with E-state index >= 15 is 0 Å². The molecule has 0 atom stereocenters. The fourth-order valence-corrected chi connectivity index (χ4v) is 4.32. The van der Waals surface area contributed by atoms with E-state index in [0.29, 0.717) is 5.41 Å². The highest BCUT2D eigenvalue weighted by molar-refractivity contribution is 6.00. The van der Waals surface area contributed by atoms with Gasteiger partial charge in [-0.2, -0.15) is 0 Å². The SMILES string of the molecule is Nc1ccc(N2CCC3(CCCC3)CC2)c2ccncc12. The van der Waals surface area contributed by atoms with Gasteiger partial charge in [-0.05, 0) is 49.3 Å². The molecular formula is C18H23N3. The van der Waals surface area contributed by atoms with E-state index in [4.69, 9.17) is 5.73 Å². The zero-order valence-electron chi connectivity index (χ0n) is 12.5. The minimum atomic E-state index is 0.668. The molecule has 1 saturated heterocycles. The predicted octanol–water partition coefficient (Wildman–Crippen LogP) is 3.98. The first-order chi connectivity index (χ1) is 10.3. The monoisotopic (exact) mass is 281 g/mol.